The summed E-state index contributed by atoms with van der Waals surface area (Å²) in [5.74, 6) is -3.90. The van der Waals surface area contributed by atoms with Gasteiger partial charge in [0.1, 0.15) is 0 Å². The summed E-state index contributed by atoms with van der Waals surface area (Å²) in [6.45, 7) is 0. The number of hydrogen-bond donors (Lipinski definition) is 2. The first kappa shape index (κ1) is 9.47. The highest BCUT2D eigenvalue weighted by molar-refractivity contribution is 8.78. The molecule has 4 nitrogen and oxygen atoms in total. The van der Waals surface area contributed by atoms with Crippen LogP contribution in [0.15, 0.2) is 11.5 Å². The van der Waals surface area contributed by atoms with E-state index in [4.69, 9.17) is 10.2 Å². The van der Waals surface area contributed by atoms with E-state index < -0.39 is 23.1 Å². The molecule has 0 fully saturated rings. The topological polar surface area (TPSA) is 74.6 Å². The molecule has 1 unspecified atom stereocenters. The molecule has 0 aromatic rings. The van der Waals surface area contributed by atoms with Crippen LogP contribution in [0.25, 0.3) is 0 Å². The van der Waals surface area contributed by atoms with Gasteiger partial charge in [0.25, 0.3) is 0 Å². The van der Waals surface area contributed by atoms with Gasteiger partial charge in [-0.3, -0.25) is 9.59 Å². The second-order valence-electron chi connectivity index (χ2n) is 2.14. The summed E-state index contributed by atoms with van der Waals surface area (Å²) < 4.78 is 0. The average molecular weight is 206 g/mol. The zero-order valence-electron chi connectivity index (χ0n) is 5.84. The summed E-state index contributed by atoms with van der Waals surface area (Å²) in [6.07, 6.45) is 1.60. The van der Waals surface area contributed by atoms with Gasteiger partial charge in [-0.1, -0.05) is 27.7 Å². The van der Waals surface area contributed by atoms with Crippen LogP contribution in [0.3, 0.4) is 0 Å². The smallest absolute Gasteiger partial charge is 0.319 e. The van der Waals surface area contributed by atoms with Crippen molar-refractivity contribution in [2.24, 2.45) is 5.92 Å². The highest BCUT2D eigenvalue weighted by atomic mass is 33.1. The molecule has 0 aromatic heterocycles. The van der Waals surface area contributed by atoms with Crippen LogP contribution >= 0.6 is 21.6 Å². The Hall–Kier alpha value is -0.620. The molecule has 66 valence electrons. The van der Waals surface area contributed by atoms with Gasteiger partial charge in [-0.05, 0) is 5.41 Å². The lowest BCUT2D eigenvalue weighted by atomic mass is 10.1. The zero-order valence-corrected chi connectivity index (χ0v) is 7.47. The van der Waals surface area contributed by atoms with Gasteiger partial charge in [0.05, 0.1) is 5.25 Å². The molecule has 0 radical (unpaired) electrons. The summed E-state index contributed by atoms with van der Waals surface area (Å²) >= 11 is 0. The molecule has 2 N–H and O–H groups in total. The van der Waals surface area contributed by atoms with Crippen LogP contribution < -0.4 is 0 Å². The van der Waals surface area contributed by atoms with Crippen molar-refractivity contribution in [2.75, 3.05) is 0 Å². The van der Waals surface area contributed by atoms with Crippen molar-refractivity contribution < 1.29 is 19.8 Å². The van der Waals surface area contributed by atoms with Crippen molar-refractivity contribution >= 4 is 33.5 Å². The number of carboxylic acid groups (broad SMARTS) is 2. The van der Waals surface area contributed by atoms with Crippen LogP contribution in [0.4, 0.5) is 0 Å². The van der Waals surface area contributed by atoms with Gasteiger partial charge in [0.2, 0.25) is 0 Å². The fourth-order valence-corrected chi connectivity index (χ4v) is 3.10. The van der Waals surface area contributed by atoms with Crippen LogP contribution in [0, 0.1) is 5.92 Å². The first-order chi connectivity index (χ1) is 5.63. The van der Waals surface area contributed by atoms with E-state index in [0.717, 1.165) is 0 Å². The Balaban J connectivity index is 2.71. The average Bonchev–Trinajstić information content (AvgIpc) is 2.37. The molecule has 1 aliphatic heterocycles. The van der Waals surface area contributed by atoms with Gasteiger partial charge in [0, 0.05) is 0 Å². The van der Waals surface area contributed by atoms with Gasteiger partial charge in [-0.15, -0.1) is 0 Å². The molecule has 12 heavy (non-hydrogen) atoms. The summed E-state index contributed by atoms with van der Waals surface area (Å²) in [5, 5.41) is 18.4. The Bertz CT molecular complexity index is 224. The van der Waals surface area contributed by atoms with E-state index in [2.05, 4.69) is 0 Å². The van der Waals surface area contributed by atoms with Crippen molar-refractivity contribution in [3.63, 3.8) is 0 Å². The molecule has 1 atom stereocenters. The second kappa shape index (κ2) is 3.86. The summed E-state index contributed by atoms with van der Waals surface area (Å²) in [4.78, 5) is 21.0. The number of carbonyl (C=O) groups is 2. The molecule has 0 aliphatic carbocycles. The normalized spacial score (nSPS) is 21.6. The third-order valence-corrected chi connectivity index (χ3v) is 3.72. The molecule has 1 heterocycles. The van der Waals surface area contributed by atoms with E-state index in [-0.39, 0.29) is 0 Å². The van der Waals surface area contributed by atoms with Crippen LogP contribution in [-0.2, 0) is 9.59 Å². The third kappa shape index (κ3) is 1.95. The van der Waals surface area contributed by atoms with Crippen molar-refractivity contribution in [3.8, 4) is 0 Å². The number of carboxylic acids is 2. The quantitative estimate of drug-likeness (QED) is 0.531. The van der Waals surface area contributed by atoms with Gasteiger partial charge >= 0.3 is 11.9 Å². The molecule has 0 spiro atoms. The van der Waals surface area contributed by atoms with E-state index >= 15 is 0 Å². The molecular weight excluding hydrogens is 200 g/mol. The maximum Gasteiger partial charge on any atom is 0.319 e. The molecule has 6 heteroatoms. The molecule has 1 rings (SSSR count). The van der Waals surface area contributed by atoms with Gasteiger partial charge < -0.3 is 10.2 Å². The Morgan fingerprint density at radius 2 is 1.92 bits per heavy atom. The van der Waals surface area contributed by atoms with Crippen LogP contribution in [0.2, 0.25) is 0 Å². The van der Waals surface area contributed by atoms with E-state index in [1.165, 1.54) is 21.6 Å². The zero-order chi connectivity index (χ0) is 9.14. The first-order valence-corrected chi connectivity index (χ1v) is 5.35. The van der Waals surface area contributed by atoms with Crippen LogP contribution in [-0.4, -0.2) is 27.4 Å². The molecule has 0 saturated heterocycles. The largest absolute Gasteiger partial charge is 0.481 e. The Morgan fingerprint density at radius 1 is 1.33 bits per heavy atom. The Morgan fingerprint density at radius 3 is 2.25 bits per heavy atom. The van der Waals surface area contributed by atoms with Gasteiger partial charge in [0.15, 0.2) is 5.92 Å². The summed E-state index contributed by atoms with van der Waals surface area (Å²) in [5.41, 5.74) is 0. The molecule has 0 aromatic carbocycles. The van der Waals surface area contributed by atoms with Crippen molar-refractivity contribution in [3.05, 3.63) is 11.5 Å². The molecule has 0 bridgehead atoms. The lowest BCUT2D eigenvalue weighted by Gasteiger charge is -2.10. The maximum atomic E-state index is 10.5. The summed E-state index contributed by atoms with van der Waals surface area (Å²) in [7, 11) is 2.61. The highest BCUT2D eigenvalue weighted by Crippen LogP contribution is 2.39. The highest BCUT2D eigenvalue weighted by Gasteiger charge is 2.35. The number of aliphatic carboxylic acids is 2. The Labute approximate surface area is 76.4 Å². The predicted octanol–water partition coefficient (Wildman–Crippen LogP) is 1.05. The van der Waals surface area contributed by atoms with E-state index in [1.54, 1.807) is 11.5 Å². The standard InChI is InChI=1S/C6H6O4S2/c7-5(8)4(6(9)10)3-1-2-11-12-3/h1-4H,(H,7,8)(H,9,10). The minimum atomic E-state index is -1.33. The SMILES string of the molecule is O=C(O)C(C(=O)O)C1C=CSS1. The fraction of sp³-hybridized carbons (Fsp3) is 0.333. The fourth-order valence-electron chi connectivity index (χ4n) is 0.791. The maximum absolute atomic E-state index is 10.5. The number of rotatable bonds is 3. The van der Waals surface area contributed by atoms with E-state index in [1.807, 2.05) is 0 Å². The van der Waals surface area contributed by atoms with Crippen LogP contribution in [0.1, 0.15) is 0 Å². The first-order valence-electron chi connectivity index (χ1n) is 3.07. The van der Waals surface area contributed by atoms with Crippen molar-refractivity contribution in [1.82, 2.24) is 0 Å². The van der Waals surface area contributed by atoms with Crippen molar-refractivity contribution in [1.29, 1.82) is 0 Å². The minimum Gasteiger partial charge on any atom is -0.481 e. The lowest BCUT2D eigenvalue weighted by Crippen LogP contribution is -2.31. The van der Waals surface area contributed by atoms with Crippen molar-refractivity contribution in [2.45, 2.75) is 5.25 Å². The molecular formula is C6H6O4S2. The van der Waals surface area contributed by atoms with Crippen LogP contribution in [0.5, 0.6) is 0 Å². The van der Waals surface area contributed by atoms with Gasteiger partial charge in [-0.25, -0.2) is 0 Å². The van der Waals surface area contributed by atoms with E-state index in [0.29, 0.717) is 0 Å². The van der Waals surface area contributed by atoms with E-state index in [9.17, 15) is 9.59 Å². The minimum absolute atomic E-state index is 0.454. The molecule has 0 amide bonds. The Kier molecular flexibility index (Phi) is 3.05. The summed E-state index contributed by atoms with van der Waals surface area (Å²) in [6, 6.07) is 0. The second-order valence-corrected chi connectivity index (χ2v) is 4.50. The molecule has 0 saturated carbocycles. The van der Waals surface area contributed by atoms with Gasteiger partial charge in [-0.2, -0.15) is 0 Å². The number of hydrogen-bond acceptors (Lipinski definition) is 4. The third-order valence-electron chi connectivity index (χ3n) is 1.35. The predicted molar refractivity (Wildman–Crippen MR) is 46.9 cm³/mol. The monoisotopic (exact) mass is 206 g/mol. The molecule has 1 aliphatic rings. The lowest BCUT2D eigenvalue weighted by molar-refractivity contribution is -0.153.